The molecule has 6 heteroatoms. The van der Waals surface area contributed by atoms with Gasteiger partial charge in [-0.1, -0.05) is 18.2 Å². The second-order valence-corrected chi connectivity index (χ2v) is 7.77. The van der Waals surface area contributed by atoms with Crippen LogP contribution in [0.4, 0.5) is 10.1 Å². The number of aliphatic carboxylic acids is 1. The molecular weight excluding hydrogens is 371 g/mol. The number of carboxylic acids is 1. The Hall–Kier alpha value is -2.60. The van der Waals surface area contributed by atoms with Gasteiger partial charge in [0, 0.05) is 36.9 Å². The zero-order chi connectivity index (χ0) is 20.8. The van der Waals surface area contributed by atoms with Gasteiger partial charge in [0.25, 0.3) is 0 Å². The van der Waals surface area contributed by atoms with Crippen molar-refractivity contribution >= 4 is 11.7 Å². The number of piperidine rings is 1. The highest BCUT2D eigenvalue weighted by atomic mass is 19.1. The van der Waals surface area contributed by atoms with Crippen LogP contribution in [0.2, 0.25) is 0 Å². The van der Waals surface area contributed by atoms with Crippen LogP contribution in [0.15, 0.2) is 48.5 Å². The molecule has 3 rings (SSSR count). The third kappa shape index (κ3) is 5.94. The lowest BCUT2D eigenvalue weighted by molar-refractivity contribution is -0.139. The van der Waals surface area contributed by atoms with E-state index in [9.17, 15) is 14.3 Å². The molecule has 5 nitrogen and oxygen atoms in total. The number of nitrogens with zero attached hydrogens (tertiary/aromatic N) is 2. The normalized spacial score (nSPS) is 15.1. The van der Waals surface area contributed by atoms with Gasteiger partial charge in [-0.25, -0.2) is 4.39 Å². The van der Waals surface area contributed by atoms with Crippen molar-refractivity contribution in [2.24, 2.45) is 0 Å². The number of hydrogen-bond donors (Lipinski definition) is 1. The Morgan fingerprint density at radius 1 is 1.17 bits per heavy atom. The summed E-state index contributed by atoms with van der Waals surface area (Å²) in [7, 11) is 0. The Labute approximate surface area is 171 Å². The van der Waals surface area contributed by atoms with Crippen molar-refractivity contribution in [3.05, 3.63) is 59.9 Å². The van der Waals surface area contributed by atoms with Crippen molar-refractivity contribution in [3.63, 3.8) is 0 Å². The minimum absolute atomic E-state index is 0.00275. The number of anilines is 1. The highest BCUT2D eigenvalue weighted by Gasteiger charge is 2.27. The summed E-state index contributed by atoms with van der Waals surface area (Å²) in [5.41, 5.74) is 2.01. The third-order valence-corrected chi connectivity index (χ3v) is 5.22. The van der Waals surface area contributed by atoms with Gasteiger partial charge in [0.15, 0.2) is 0 Å². The summed E-state index contributed by atoms with van der Waals surface area (Å²) < 4.78 is 19.1. The molecule has 0 atom stereocenters. The monoisotopic (exact) mass is 400 g/mol. The highest BCUT2D eigenvalue weighted by Crippen LogP contribution is 2.26. The molecule has 1 saturated heterocycles. The number of ether oxygens (including phenoxy) is 1. The Morgan fingerprint density at radius 2 is 1.83 bits per heavy atom. The lowest BCUT2D eigenvalue weighted by Crippen LogP contribution is -2.46. The van der Waals surface area contributed by atoms with Crippen LogP contribution in [0, 0.1) is 5.82 Å². The summed E-state index contributed by atoms with van der Waals surface area (Å²) in [5, 5.41) is 9.44. The van der Waals surface area contributed by atoms with E-state index in [2.05, 4.69) is 4.90 Å². The van der Waals surface area contributed by atoms with E-state index in [0.29, 0.717) is 6.54 Å². The molecule has 2 aromatic carbocycles. The predicted octanol–water partition coefficient (Wildman–Crippen LogP) is 4.17. The van der Waals surface area contributed by atoms with E-state index in [4.69, 9.17) is 4.74 Å². The molecule has 0 aliphatic carbocycles. The molecule has 1 N–H and O–H groups in total. The Balaban J connectivity index is 1.68. The van der Waals surface area contributed by atoms with E-state index in [0.717, 1.165) is 42.9 Å². The highest BCUT2D eigenvalue weighted by molar-refractivity contribution is 5.69. The van der Waals surface area contributed by atoms with Gasteiger partial charge in [-0.2, -0.15) is 0 Å². The molecule has 1 heterocycles. The van der Waals surface area contributed by atoms with Crippen LogP contribution < -0.4 is 9.64 Å². The molecule has 0 amide bonds. The third-order valence-electron chi connectivity index (χ3n) is 5.22. The molecule has 0 bridgehead atoms. The number of para-hydroxylation sites is 1. The fourth-order valence-corrected chi connectivity index (χ4v) is 3.85. The summed E-state index contributed by atoms with van der Waals surface area (Å²) >= 11 is 0. The van der Waals surface area contributed by atoms with E-state index < -0.39 is 5.97 Å². The summed E-state index contributed by atoms with van der Waals surface area (Å²) in [5.74, 6) is -0.256. The SMILES string of the molecule is CC(C)Oc1ccccc1CN(CC(=O)O)C1CCN(c2ccc(F)cc2)CC1. The van der Waals surface area contributed by atoms with E-state index in [1.807, 2.05) is 43.0 Å². The average Bonchev–Trinajstić information content (AvgIpc) is 2.69. The maximum Gasteiger partial charge on any atom is 0.317 e. The first kappa shape index (κ1) is 21.1. The molecule has 0 saturated carbocycles. The van der Waals surface area contributed by atoms with Crippen molar-refractivity contribution in [1.82, 2.24) is 4.90 Å². The standard InChI is InChI=1S/C23H29FN2O3/c1-17(2)29-22-6-4-3-5-18(22)15-26(16-23(27)28)21-11-13-25(14-12-21)20-9-7-19(24)8-10-20/h3-10,17,21H,11-16H2,1-2H3,(H,27,28). The van der Waals surface area contributed by atoms with Gasteiger partial charge >= 0.3 is 5.97 Å². The number of rotatable bonds is 8. The number of hydrogen-bond acceptors (Lipinski definition) is 4. The summed E-state index contributed by atoms with van der Waals surface area (Å²) in [6.07, 6.45) is 1.78. The molecule has 156 valence electrons. The summed E-state index contributed by atoms with van der Waals surface area (Å²) in [4.78, 5) is 15.8. The van der Waals surface area contributed by atoms with Gasteiger partial charge in [0.2, 0.25) is 0 Å². The van der Waals surface area contributed by atoms with Gasteiger partial charge in [-0.15, -0.1) is 0 Å². The first-order valence-corrected chi connectivity index (χ1v) is 10.1. The van der Waals surface area contributed by atoms with Crippen LogP contribution in [0.25, 0.3) is 0 Å². The van der Waals surface area contributed by atoms with Crippen molar-refractivity contribution in [2.75, 3.05) is 24.5 Å². The average molecular weight is 400 g/mol. The van der Waals surface area contributed by atoms with Crippen LogP contribution in [-0.2, 0) is 11.3 Å². The zero-order valence-electron chi connectivity index (χ0n) is 17.1. The quantitative estimate of drug-likeness (QED) is 0.721. The van der Waals surface area contributed by atoms with Crippen molar-refractivity contribution in [2.45, 2.75) is 45.4 Å². The fraction of sp³-hybridized carbons (Fsp3) is 0.435. The molecule has 0 aromatic heterocycles. The number of carboxylic acid groups (broad SMARTS) is 1. The first-order valence-electron chi connectivity index (χ1n) is 10.1. The minimum Gasteiger partial charge on any atom is -0.491 e. The van der Waals surface area contributed by atoms with E-state index in [1.165, 1.54) is 12.1 Å². The van der Waals surface area contributed by atoms with Crippen LogP contribution in [0.1, 0.15) is 32.3 Å². The Kier molecular flexibility index (Phi) is 7.09. The summed E-state index contributed by atoms with van der Waals surface area (Å²) in [6, 6.07) is 14.5. The molecule has 0 spiro atoms. The largest absolute Gasteiger partial charge is 0.491 e. The maximum atomic E-state index is 13.2. The molecular formula is C23H29FN2O3. The smallest absolute Gasteiger partial charge is 0.317 e. The molecule has 0 radical (unpaired) electrons. The van der Waals surface area contributed by atoms with E-state index in [-0.39, 0.29) is 24.5 Å². The van der Waals surface area contributed by atoms with Crippen LogP contribution >= 0.6 is 0 Å². The number of halogens is 1. The van der Waals surface area contributed by atoms with Gasteiger partial charge in [-0.3, -0.25) is 9.69 Å². The van der Waals surface area contributed by atoms with E-state index >= 15 is 0 Å². The van der Waals surface area contributed by atoms with Crippen LogP contribution in [-0.4, -0.2) is 47.8 Å². The van der Waals surface area contributed by atoms with Gasteiger partial charge < -0.3 is 14.7 Å². The predicted molar refractivity (Wildman–Crippen MR) is 112 cm³/mol. The molecule has 29 heavy (non-hydrogen) atoms. The lowest BCUT2D eigenvalue weighted by atomic mass is 10.0. The molecule has 1 aliphatic rings. The van der Waals surface area contributed by atoms with Crippen LogP contribution in [0.5, 0.6) is 5.75 Å². The van der Waals surface area contributed by atoms with Gasteiger partial charge in [0.1, 0.15) is 11.6 Å². The maximum absolute atomic E-state index is 13.2. The first-order chi connectivity index (χ1) is 13.9. The van der Waals surface area contributed by atoms with Gasteiger partial charge in [-0.05, 0) is 57.0 Å². The second kappa shape index (κ2) is 9.74. The van der Waals surface area contributed by atoms with Crippen molar-refractivity contribution < 1.29 is 19.0 Å². The number of carbonyl (C=O) groups is 1. The molecule has 1 fully saturated rings. The minimum atomic E-state index is -0.826. The lowest BCUT2D eigenvalue weighted by Gasteiger charge is -2.39. The second-order valence-electron chi connectivity index (χ2n) is 7.77. The zero-order valence-corrected chi connectivity index (χ0v) is 17.1. The molecule has 1 aliphatic heterocycles. The number of benzene rings is 2. The topological polar surface area (TPSA) is 53.0 Å². The Morgan fingerprint density at radius 3 is 2.45 bits per heavy atom. The van der Waals surface area contributed by atoms with Crippen molar-refractivity contribution in [1.29, 1.82) is 0 Å². The van der Waals surface area contributed by atoms with Crippen LogP contribution in [0.3, 0.4) is 0 Å². The van der Waals surface area contributed by atoms with Crippen molar-refractivity contribution in [3.8, 4) is 5.75 Å². The Bertz CT molecular complexity index is 802. The van der Waals surface area contributed by atoms with Gasteiger partial charge in [0.05, 0.1) is 12.6 Å². The fourth-order valence-electron chi connectivity index (χ4n) is 3.85. The molecule has 0 unspecified atom stereocenters. The van der Waals surface area contributed by atoms with E-state index in [1.54, 1.807) is 12.1 Å². The molecule has 2 aromatic rings. The summed E-state index contributed by atoms with van der Waals surface area (Å²) in [6.45, 7) is 6.13.